The second-order valence-corrected chi connectivity index (χ2v) is 7.30. The molecule has 1 aromatic carbocycles. The minimum Gasteiger partial charge on any atom is -0.376 e. The Hall–Kier alpha value is -0.880. The molecule has 0 bridgehead atoms. The number of aliphatic hydroxyl groups is 1. The maximum atomic E-state index is 13.0. The highest BCUT2D eigenvalue weighted by Crippen LogP contribution is 2.62. The molecular formula is C14H20F3O4P. The third kappa shape index (κ3) is 4.81. The Balaban J connectivity index is 3.31. The normalized spacial score (nSPS) is 14.6. The first-order chi connectivity index (χ1) is 9.97. The summed E-state index contributed by atoms with van der Waals surface area (Å²) in [6.45, 7) is 6.22. The summed E-state index contributed by atoms with van der Waals surface area (Å²) < 4.78 is 62.2. The first-order valence-corrected chi connectivity index (χ1v) is 8.39. The van der Waals surface area contributed by atoms with Gasteiger partial charge in [-0.3, -0.25) is 4.57 Å². The molecule has 0 radical (unpaired) electrons. The number of halogens is 3. The minimum atomic E-state index is -4.68. The standard InChI is InChI=1S/C14H20F3O4P/c1-9(2)20-22(19,21-10(3)4)13(18)11-7-5-6-8-12(11)14(15,16)17/h5-10,13,18H,1-4H3/t13-/m1/s1. The smallest absolute Gasteiger partial charge is 0.376 e. The van der Waals surface area contributed by atoms with E-state index < -0.39 is 43.0 Å². The van der Waals surface area contributed by atoms with E-state index in [4.69, 9.17) is 9.05 Å². The van der Waals surface area contributed by atoms with Crippen molar-refractivity contribution in [3.8, 4) is 0 Å². The fourth-order valence-corrected chi connectivity index (χ4v) is 3.90. The van der Waals surface area contributed by atoms with Crippen molar-refractivity contribution in [1.82, 2.24) is 0 Å². The van der Waals surface area contributed by atoms with Crippen LogP contribution in [-0.2, 0) is 19.8 Å². The monoisotopic (exact) mass is 340 g/mol. The molecule has 0 unspecified atom stereocenters. The third-order valence-electron chi connectivity index (χ3n) is 2.56. The van der Waals surface area contributed by atoms with Gasteiger partial charge in [0.1, 0.15) is 0 Å². The Labute approximate surface area is 127 Å². The number of rotatable bonds is 6. The topological polar surface area (TPSA) is 55.8 Å². The van der Waals surface area contributed by atoms with Gasteiger partial charge in [0.25, 0.3) is 0 Å². The van der Waals surface area contributed by atoms with Crippen molar-refractivity contribution >= 4 is 7.60 Å². The summed E-state index contributed by atoms with van der Waals surface area (Å²) in [4.78, 5) is 0. The Morgan fingerprint density at radius 1 is 1.05 bits per heavy atom. The zero-order chi connectivity index (χ0) is 17.1. The zero-order valence-corrected chi connectivity index (χ0v) is 13.7. The van der Waals surface area contributed by atoms with E-state index in [0.29, 0.717) is 0 Å². The summed E-state index contributed by atoms with van der Waals surface area (Å²) in [7, 11) is -4.19. The molecule has 1 aromatic rings. The van der Waals surface area contributed by atoms with Gasteiger partial charge in [0, 0.05) is 5.56 Å². The Morgan fingerprint density at radius 3 is 1.91 bits per heavy atom. The van der Waals surface area contributed by atoms with Crippen LogP contribution in [0.1, 0.15) is 44.7 Å². The maximum absolute atomic E-state index is 13.0. The fourth-order valence-electron chi connectivity index (χ4n) is 1.88. The van der Waals surface area contributed by atoms with Gasteiger partial charge in [-0.15, -0.1) is 0 Å². The van der Waals surface area contributed by atoms with E-state index in [9.17, 15) is 22.8 Å². The van der Waals surface area contributed by atoms with Crippen LogP contribution in [0.15, 0.2) is 24.3 Å². The molecule has 22 heavy (non-hydrogen) atoms. The third-order valence-corrected chi connectivity index (χ3v) is 4.87. The molecule has 0 aliphatic rings. The molecule has 0 amide bonds. The molecular weight excluding hydrogens is 320 g/mol. The molecule has 1 rings (SSSR count). The number of alkyl halides is 3. The summed E-state index contributed by atoms with van der Waals surface area (Å²) in [6, 6.07) is 4.39. The highest BCUT2D eigenvalue weighted by molar-refractivity contribution is 7.54. The van der Waals surface area contributed by atoms with E-state index in [-0.39, 0.29) is 0 Å². The van der Waals surface area contributed by atoms with Crippen LogP contribution in [0, 0.1) is 0 Å². The molecule has 8 heteroatoms. The van der Waals surface area contributed by atoms with E-state index in [0.717, 1.165) is 12.1 Å². The van der Waals surface area contributed by atoms with Crippen LogP contribution in [0.25, 0.3) is 0 Å². The Morgan fingerprint density at radius 2 is 1.50 bits per heavy atom. The van der Waals surface area contributed by atoms with E-state index in [1.54, 1.807) is 27.7 Å². The maximum Gasteiger partial charge on any atom is 0.416 e. The highest BCUT2D eigenvalue weighted by atomic mass is 31.2. The molecule has 0 heterocycles. The van der Waals surface area contributed by atoms with Crippen LogP contribution in [-0.4, -0.2) is 17.3 Å². The Kier molecular flexibility index (Phi) is 6.21. The molecule has 0 saturated carbocycles. The molecule has 0 fully saturated rings. The molecule has 0 spiro atoms. The van der Waals surface area contributed by atoms with Crippen molar-refractivity contribution in [3.05, 3.63) is 35.4 Å². The van der Waals surface area contributed by atoms with E-state index in [2.05, 4.69) is 0 Å². The second kappa shape index (κ2) is 7.13. The lowest BCUT2D eigenvalue weighted by Gasteiger charge is -2.28. The van der Waals surface area contributed by atoms with Gasteiger partial charge < -0.3 is 14.2 Å². The molecule has 4 nitrogen and oxygen atoms in total. The van der Waals surface area contributed by atoms with E-state index in [1.165, 1.54) is 12.1 Å². The summed E-state index contributed by atoms with van der Waals surface area (Å²) in [5, 5.41) is 10.3. The SMILES string of the molecule is CC(C)OP(=O)(OC(C)C)[C@@H](O)c1ccccc1C(F)(F)F. The van der Waals surface area contributed by atoms with Crippen molar-refractivity contribution in [1.29, 1.82) is 0 Å². The van der Waals surface area contributed by atoms with Crippen molar-refractivity contribution in [2.75, 3.05) is 0 Å². The minimum absolute atomic E-state index is 0.528. The second-order valence-electron chi connectivity index (χ2n) is 5.31. The summed E-state index contributed by atoms with van der Waals surface area (Å²) in [6.07, 6.45) is -5.85. The van der Waals surface area contributed by atoms with Gasteiger partial charge in [-0.05, 0) is 33.8 Å². The average molecular weight is 340 g/mol. The van der Waals surface area contributed by atoms with Gasteiger partial charge in [0.15, 0.2) is 5.85 Å². The van der Waals surface area contributed by atoms with Crippen LogP contribution in [0.2, 0.25) is 0 Å². The number of hydrogen-bond acceptors (Lipinski definition) is 4. The highest BCUT2D eigenvalue weighted by Gasteiger charge is 2.43. The quantitative estimate of drug-likeness (QED) is 0.760. The zero-order valence-electron chi connectivity index (χ0n) is 12.8. The van der Waals surface area contributed by atoms with Gasteiger partial charge in [-0.2, -0.15) is 13.2 Å². The molecule has 0 aliphatic heterocycles. The van der Waals surface area contributed by atoms with Crippen molar-refractivity contribution < 1.29 is 31.9 Å². The van der Waals surface area contributed by atoms with E-state index in [1.807, 2.05) is 0 Å². The van der Waals surface area contributed by atoms with Crippen LogP contribution in [0.3, 0.4) is 0 Å². The van der Waals surface area contributed by atoms with Crippen molar-refractivity contribution in [2.45, 2.75) is 51.9 Å². The molecule has 0 aliphatic carbocycles. The van der Waals surface area contributed by atoms with Gasteiger partial charge in [-0.1, -0.05) is 18.2 Å². The van der Waals surface area contributed by atoms with Crippen molar-refractivity contribution in [3.63, 3.8) is 0 Å². The summed E-state index contributed by atoms with van der Waals surface area (Å²) in [5.74, 6) is -2.02. The van der Waals surface area contributed by atoms with Gasteiger partial charge in [0.05, 0.1) is 17.8 Å². The van der Waals surface area contributed by atoms with Crippen LogP contribution in [0.5, 0.6) is 0 Å². The largest absolute Gasteiger partial charge is 0.416 e. The molecule has 0 saturated heterocycles. The average Bonchev–Trinajstić information content (AvgIpc) is 2.34. The van der Waals surface area contributed by atoms with Crippen LogP contribution in [0.4, 0.5) is 13.2 Å². The Bertz CT molecular complexity index is 529. The molecule has 1 atom stereocenters. The lowest BCUT2D eigenvalue weighted by atomic mass is 10.1. The first-order valence-electron chi connectivity index (χ1n) is 6.78. The summed E-state index contributed by atoms with van der Waals surface area (Å²) >= 11 is 0. The summed E-state index contributed by atoms with van der Waals surface area (Å²) in [5.41, 5.74) is -1.60. The van der Waals surface area contributed by atoms with Gasteiger partial charge in [0.2, 0.25) is 0 Å². The van der Waals surface area contributed by atoms with Gasteiger partial charge >= 0.3 is 13.8 Å². The van der Waals surface area contributed by atoms with Crippen molar-refractivity contribution in [2.24, 2.45) is 0 Å². The molecule has 0 aromatic heterocycles. The lowest BCUT2D eigenvalue weighted by Crippen LogP contribution is -2.17. The van der Waals surface area contributed by atoms with Crippen LogP contribution >= 0.6 is 7.60 Å². The first kappa shape index (κ1) is 19.2. The predicted molar refractivity (Wildman–Crippen MR) is 76.5 cm³/mol. The van der Waals surface area contributed by atoms with Crippen LogP contribution < -0.4 is 0 Å². The predicted octanol–water partition coefficient (Wildman–Crippen LogP) is 4.74. The van der Waals surface area contributed by atoms with Gasteiger partial charge in [-0.25, -0.2) is 0 Å². The number of aliphatic hydroxyl groups excluding tert-OH is 1. The number of hydrogen-bond donors (Lipinski definition) is 1. The lowest BCUT2D eigenvalue weighted by molar-refractivity contribution is -0.138. The number of benzene rings is 1. The molecule has 126 valence electrons. The molecule has 1 N–H and O–H groups in total. The van der Waals surface area contributed by atoms with E-state index >= 15 is 0 Å². The fraction of sp³-hybridized carbons (Fsp3) is 0.571.